The third kappa shape index (κ3) is 2.62. The zero-order chi connectivity index (χ0) is 10.2. The van der Waals surface area contributed by atoms with Gasteiger partial charge in [0.15, 0.2) is 0 Å². The van der Waals surface area contributed by atoms with E-state index in [1.54, 1.807) is 13.8 Å². The van der Waals surface area contributed by atoms with Gasteiger partial charge in [0.25, 0.3) is 10.1 Å². The van der Waals surface area contributed by atoms with E-state index in [2.05, 4.69) is 0 Å². The minimum absolute atomic E-state index is 0.304. The number of hydrogen-bond acceptors (Lipinski definition) is 3. The van der Waals surface area contributed by atoms with Gasteiger partial charge in [-0.3, -0.25) is 4.79 Å². The third-order valence-electron chi connectivity index (χ3n) is 1.90. The molecule has 76 valence electrons. The van der Waals surface area contributed by atoms with E-state index in [4.69, 9.17) is 44.3 Å². The number of carbonyl (C=O) groups is 1. The van der Waals surface area contributed by atoms with Crippen molar-refractivity contribution in [2.75, 3.05) is 0 Å². The molecule has 1 rings (SSSR count). The van der Waals surface area contributed by atoms with Gasteiger partial charge in [-0.05, 0) is 13.8 Å². The van der Waals surface area contributed by atoms with E-state index in [0.29, 0.717) is 0 Å². The first-order chi connectivity index (χ1) is 5.82. The zero-order valence-corrected chi connectivity index (χ0v) is 9.36. The van der Waals surface area contributed by atoms with Crippen LogP contribution in [0.15, 0.2) is 0 Å². The second kappa shape index (κ2) is 3.81. The number of carbonyl (C=O) groups excluding carboxylic acids is 1. The number of cyclic esters (lactones) is 1. The van der Waals surface area contributed by atoms with Crippen molar-refractivity contribution < 1.29 is 14.3 Å². The van der Waals surface area contributed by atoms with Crippen LogP contribution >= 0.6 is 34.8 Å². The number of rotatable bonds is 0. The lowest BCUT2D eigenvalue weighted by atomic mass is 10.1. The van der Waals surface area contributed by atoms with Gasteiger partial charge in [-0.1, -0.05) is 34.8 Å². The number of halogens is 3. The molecule has 0 aliphatic carbocycles. The molecule has 1 unspecified atom stereocenters. The Hall–Kier alpha value is 0.300. The van der Waals surface area contributed by atoms with Crippen molar-refractivity contribution in [3.05, 3.63) is 0 Å². The molecule has 1 saturated heterocycles. The number of hydrogen-bond donors (Lipinski definition) is 0. The van der Waals surface area contributed by atoms with Gasteiger partial charge in [0.05, 0.1) is 12.0 Å². The van der Waals surface area contributed by atoms with E-state index in [-0.39, 0.29) is 12.0 Å². The van der Waals surface area contributed by atoms with Gasteiger partial charge in [0.1, 0.15) is 0 Å². The fourth-order valence-corrected chi connectivity index (χ4v) is 1.18. The molecule has 0 amide bonds. The monoisotopic (exact) mass is 246 g/mol. The molecule has 0 bridgehead atoms. The maximum Gasteiger partial charge on any atom is 0.313 e. The number of ether oxygens (including phenoxy) is 2. The molecule has 1 fully saturated rings. The maximum absolute atomic E-state index is 11.2. The summed E-state index contributed by atoms with van der Waals surface area (Å²) in [6.07, 6.45) is -1.42. The lowest BCUT2D eigenvalue weighted by molar-refractivity contribution is -0.223. The molecule has 1 heterocycles. The van der Waals surface area contributed by atoms with Gasteiger partial charge >= 0.3 is 5.97 Å². The van der Waals surface area contributed by atoms with Crippen LogP contribution in [0.5, 0.6) is 0 Å². The van der Waals surface area contributed by atoms with Crippen molar-refractivity contribution in [3.63, 3.8) is 0 Å². The summed E-state index contributed by atoms with van der Waals surface area (Å²) < 4.78 is 8.24. The summed E-state index contributed by atoms with van der Waals surface area (Å²) in [5.41, 5.74) is 0. The van der Waals surface area contributed by atoms with Crippen LogP contribution in [0.25, 0.3) is 0 Å². The highest BCUT2D eigenvalue weighted by Crippen LogP contribution is 2.36. The van der Waals surface area contributed by atoms with Crippen LogP contribution < -0.4 is 0 Å². The van der Waals surface area contributed by atoms with E-state index in [9.17, 15) is 4.79 Å². The van der Waals surface area contributed by atoms with Crippen LogP contribution in [0, 0.1) is 5.92 Å². The zero-order valence-electron chi connectivity index (χ0n) is 7.09. The van der Waals surface area contributed by atoms with Crippen molar-refractivity contribution in [2.24, 2.45) is 5.92 Å². The van der Waals surface area contributed by atoms with Crippen molar-refractivity contribution in [1.29, 1.82) is 0 Å². The predicted molar refractivity (Wildman–Crippen MR) is 49.9 cm³/mol. The van der Waals surface area contributed by atoms with Crippen LogP contribution in [0.4, 0.5) is 0 Å². The van der Waals surface area contributed by atoms with E-state index in [1.165, 1.54) is 0 Å². The second-order valence-corrected chi connectivity index (χ2v) is 5.31. The molecule has 6 heteroatoms. The van der Waals surface area contributed by atoms with E-state index in [1.807, 2.05) is 0 Å². The van der Waals surface area contributed by atoms with Crippen LogP contribution in [0.2, 0.25) is 0 Å². The first-order valence-corrected chi connectivity index (χ1v) is 4.88. The molecular weight excluding hydrogens is 238 g/mol. The normalized spacial score (nSPS) is 35.8. The third-order valence-corrected chi connectivity index (χ3v) is 2.44. The second-order valence-electron chi connectivity index (χ2n) is 2.94. The summed E-state index contributed by atoms with van der Waals surface area (Å²) in [6.45, 7) is 3.43. The van der Waals surface area contributed by atoms with Crippen LogP contribution in [-0.4, -0.2) is 22.2 Å². The molecule has 3 atom stereocenters. The van der Waals surface area contributed by atoms with Gasteiger partial charge in [-0.25, -0.2) is 0 Å². The van der Waals surface area contributed by atoms with Crippen molar-refractivity contribution in [2.45, 2.75) is 30.0 Å². The fourth-order valence-electron chi connectivity index (χ4n) is 0.889. The number of esters is 1. The fraction of sp³-hybridized carbons (Fsp3) is 0.857. The highest BCUT2D eigenvalue weighted by Gasteiger charge is 2.44. The quantitative estimate of drug-likeness (QED) is 0.487. The molecule has 0 saturated carbocycles. The van der Waals surface area contributed by atoms with Crippen molar-refractivity contribution >= 4 is 40.8 Å². The average molecular weight is 248 g/mol. The van der Waals surface area contributed by atoms with Crippen LogP contribution in [-0.2, 0) is 14.3 Å². The molecule has 0 aromatic carbocycles. The first kappa shape index (κ1) is 11.4. The van der Waals surface area contributed by atoms with E-state index in [0.717, 1.165) is 0 Å². The smallest absolute Gasteiger partial charge is 0.313 e. The molecule has 0 N–H and O–H groups in total. The molecule has 0 aromatic rings. The molecule has 1 aliphatic heterocycles. The highest BCUT2D eigenvalue weighted by atomic mass is 35.6. The first-order valence-electron chi connectivity index (χ1n) is 3.75. The summed E-state index contributed by atoms with van der Waals surface area (Å²) in [7, 11) is 0. The Labute approximate surface area is 91.2 Å². The standard InChI is InChI=1S/C7H9Cl3O3/c1-3-4(2)12-6(7(8,9)10)13-5(3)11/h3-4,6H,1-2H3/t3-,4-,6?/m0/s1. The minimum atomic E-state index is -1.73. The van der Waals surface area contributed by atoms with Crippen molar-refractivity contribution in [1.82, 2.24) is 0 Å². The Morgan fingerprint density at radius 1 is 1.31 bits per heavy atom. The Kier molecular flexibility index (Phi) is 3.33. The Balaban J connectivity index is 2.69. The highest BCUT2D eigenvalue weighted by molar-refractivity contribution is 6.68. The largest absolute Gasteiger partial charge is 0.431 e. The SMILES string of the molecule is C[C@@H]1OC(C(Cl)(Cl)Cl)OC(=O)[C@H]1C. The lowest BCUT2D eigenvalue weighted by Gasteiger charge is -2.34. The maximum atomic E-state index is 11.2. The van der Waals surface area contributed by atoms with Crippen molar-refractivity contribution in [3.8, 4) is 0 Å². The van der Waals surface area contributed by atoms with Gasteiger partial charge in [0.2, 0.25) is 0 Å². The van der Waals surface area contributed by atoms with Crippen LogP contribution in [0.3, 0.4) is 0 Å². The minimum Gasteiger partial charge on any atom is -0.431 e. The lowest BCUT2D eigenvalue weighted by Crippen LogP contribution is -2.46. The summed E-state index contributed by atoms with van der Waals surface area (Å²) in [4.78, 5) is 11.2. The van der Waals surface area contributed by atoms with Gasteiger partial charge in [-0.2, -0.15) is 0 Å². The molecule has 13 heavy (non-hydrogen) atoms. The van der Waals surface area contributed by atoms with E-state index < -0.39 is 16.1 Å². The topological polar surface area (TPSA) is 35.5 Å². The molecule has 3 nitrogen and oxygen atoms in total. The molecule has 0 spiro atoms. The predicted octanol–water partition coefficient (Wildman–Crippen LogP) is 2.28. The summed E-state index contributed by atoms with van der Waals surface area (Å²) >= 11 is 16.6. The van der Waals surface area contributed by atoms with Gasteiger partial charge in [0, 0.05) is 0 Å². The Morgan fingerprint density at radius 3 is 2.23 bits per heavy atom. The molecular formula is C7H9Cl3O3. The Morgan fingerprint density at radius 2 is 1.85 bits per heavy atom. The number of alkyl halides is 3. The summed E-state index contributed by atoms with van der Waals surface area (Å²) in [5, 5.41) is 0. The summed E-state index contributed by atoms with van der Waals surface area (Å²) in [5.74, 6) is -0.737. The molecule has 0 radical (unpaired) electrons. The average Bonchev–Trinajstić information content (AvgIpc) is 1.97. The molecule has 1 aliphatic rings. The Bertz CT molecular complexity index is 214. The van der Waals surface area contributed by atoms with Gasteiger partial charge < -0.3 is 9.47 Å². The van der Waals surface area contributed by atoms with Gasteiger partial charge in [-0.15, -0.1) is 0 Å². The molecule has 0 aromatic heterocycles. The van der Waals surface area contributed by atoms with Crippen LogP contribution in [0.1, 0.15) is 13.8 Å². The van der Waals surface area contributed by atoms with E-state index >= 15 is 0 Å². The summed E-state index contributed by atoms with van der Waals surface area (Å²) in [6, 6.07) is 0.